The summed E-state index contributed by atoms with van der Waals surface area (Å²) in [6.45, 7) is 2.05. The predicted molar refractivity (Wildman–Crippen MR) is 143 cm³/mol. The molecule has 37 heavy (non-hydrogen) atoms. The molecule has 12 heteroatoms. The number of fused-ring (bicyclic) bond motifs is 1. The number of halogens is 1. The van der Waals surface area contributed by atoms with Gasteiger partial charge in [-0.3, -0.25) is 14.6 Å². The number of nitrogens with zero attached hydrogens (tertiary/aromatic N) is 4. The van der Waals surface area contributed by atoms with E-state index in [1.165, 1.54) is 11.0 Å². The van der Waals surface area contributed by atoms with Crippen LogP contribution in [0.25, 0.3) is 10.1 Å². The summed E-state index contributed by atoms with van der Waals surface area (Å²) in [6.07, 6.45) is -0.615. The van der Waals surface area contributed by atoms with E-state index >= 15 is 0 Å². The molecule has 1 aromatic heterocycles. The van der Waals surface area contributed by atoms with Crippen LogP contribution in [0.1, 0.15) is 17.5 Å². The van der Waals surface area contributed by atoms with E-state index in [1.807, 2.05) is 31.3 Å². The van der Waals surface area contributed by atoms with Crippen molar-refractivity contribution in [2.75, 3.05) is 33.2 Å². The molecule has 9 nitrogen and oxygen atoms in total. The minimum absolute atomic E-state index is 0.000700. The van der Waals surface area contributed by atoms with Gasteiger partial charge < -0.3 is 14.9 Å². The number of carboxylic acids is 1. The molecule has 1 saturated heterocycles. The van der Waals surface area contributed by atoms with E-state index in [4.69, 9.17) is 11.6 Å². The van der Waals surface area contributed by atoms with Crippen molar-refractivity contribution < 1.29 is 23.1 Å². The first kappa shape index (κ1) is 25.7. The first-order chi connectivity index (χ1) is 17.6. The maximum atomic E-state index is 13.6. The summed E-state index contributed by atoms with van der Waals surface area (Å²) in [4.78, 5) is 33.2. The summed E-state index contributed by atoms with van der Waals surface area (Å²) in [5.41, 5.74) is 1.85. The normalized spacial score (nSPS) is 19.0. The third-order valence-electron chi connectivity index (χ3n) is 6.57. The fourth-order valence-corrected chi connectivity index (χ4v) is 8.04. The number of carbonyl (C=O) groups excluding carboxylic acids is 1. The van der Waals surface area contributed by atoms with Gasteiger partial charge in [-0.2, -0.15) is 4.31 Å². The number of aliphatic carboxylic acids is 1. The zero-order valence-corrected chi connectivity index (χ0v) is 22.4. The van der Waals surface area contributed by atoms with Crippen LogP contribution in [0, 0.1) is 0 Å². The quantitative estimate of drug-likeness (QED) is 0.475. The van der Waals surface area contributed by atoms with Crippen LogP contribution in [-0.2, 0) is 26.2 Å². The van der Waals surface area contributed by atoms with Gasteiger partial charge in [-0.05, 0) is 29.1 Å². The molecule has 2 aromatic carbocycles. The standard InChI is InChI=1S/C25H25ClN4O5S2/c1-28-9-8-27-24(28)17-4-2-16(3-5-17)15-29-10-11-30(20(25(29)33)14-22(31)32)37(34,35)23-12-18-6-7-19(26)13-21(18)36-23/h2-7,12-13,20H,8-11,14-15H2,1H3,(H,31,32). The molecular formula is C25H25ClN4O5S2. The molecular weight excluding hydrogens is 536 g/mol. The van der Waals surface area contributed by atoms with E-state index in [2.05, 4.69) is 9.89 Å². The lowest BCUT2D eigenvalue weighted by molar-refractivity contribution is -0.147. The fraction of sp³-hybridized carbons (Fsp3) is 0.320. The largest absolute Gasteiger partial charge is 0.481 e. The van der Waals surface area contributed by atoms with E-state index < -0.39 is 34.4 Å². The van der Waals surface area contributed by atoms with E-state index in [-0.39, 0.29) is 23.8 Å². The summed E-state index contributed by atoms with van der Waals surface area (Å²) in [5.74, 6) is -0.842. The average molecular weight is 561 g/mol. The molecule has 3 heterocycles. The summed E-state index contributed by atoms with van der Waals surface area (Å²) in [7, 11) is -2.11. The minimum atomic E-state index is -4.10. The number of amides is 1. The molecule has 1 fully saturated rings. The lowest BCUT2D eigenvalue weighted by Crippen LogP contribution is -2.58. The van der Waals surface area contributed by atoms with Gasteiger partial charge in [-0.15, -0.1) is 11.3 Å². The second-order valence-corrected chi connectivity index (χ2v) is 12.7. The van der Waals surface area contributed by atoms with Crippen LogP contribution in [0.3, 0.4) is 0 Å². The molecule has 5 rings (SSSR count). The number of likely N-dealkylation sites (N-methyl/N-ethyl adjacent to an activating group) is 1. The number of rotatable bonds is 7. The van der Waals surface area contributed by atoms with Crippen molar-refractivity contribution in [3.63, 3.8) is 0 Å². The number of thiophene rings is 1. The summed E-state index contributed by atoms with van der Waals surface area (Å²) in [5, 5.41) is 10.7. The molecule has 1 atom stereocenters. The Bertz CT molecular complexity index is 1500. The number of sulfonamides is 1. The van der Waals surface area contributed by atoms with Crippen molar-refractivity contribution in [1.82, 2.24) is 14.1 Å². The Labute approximate surface area is 223 Å². The Hall–Kier alpha value is -2.99. The van der Waals surface area contributed by atoms with Gasteiger partial charge in [0.2, 0.25) is 5.91 Å². The number of hydrogen-bond donors (Lipinski definition) is 1. The molecule has 2 aliphatic rings. The molecule has 1 amide bonds. The number of amidine groups is 1. The number of piperazine rings is 1. The fourth-order valence-electron chi connectivity index (χ4n) is 4.67. The van der Waals surface area contributed by atoms with Gasteiger partial charge in [-0.25, -0.2) is 8.42 Å². The van der Waals surface area contributed by atoms with Gasteiger partial charge in [0.05, 0.1) is 13.0 Å². The van der Waals surface area contributed by atoms with Crippen molar-refractivity contribution >= 4 is 60.8 Å². The van der Waals surface area contributed by atoms with Crippen molar-refractivity contribution in [3.8, 4) is 0 Å². The molecule has 0 aliphatic carbocycles. The summed E-state index contributed by atoms with van der Waals surface area (Å²) in [6, 6.07) is 13.0. The molecule has 0 spiro atoms. The minimum Gasteiger partial charge on any atom is -0.481 e. The lowest BCUT2D eigenvalue weighted by atomic mass is 10.1. The number of carbonyl (C=O) groups is 2. The number of aliphatic imine (C=N–C) groups is 1. The van der Waals surface area contributed by atoms with Crippen LogP contribution in [0.2, 0.25) is 5.02 Å². The molecule has 1 unspecified atom stereocenters. The Morgan fingerprint density at radius 3 is 2.57 bits per heavy atom. The van der Waals surface area contributed by atoms with E-state index in [0.29, 0.717) is 15.1 Å². The van der Waals surface area contributed by atoms with Gasteiger partial charge >= 0.3 is 5.97 Å². The Balaban J connectivity index is 1.37. The number of carboxylic acid groups (broad SMARTS) is 1. The van der Waals surface area contributed by atoms with Gasteiger partial charge in [0.15, 0.2) is 0 Å². The highest BCUT2D eigenvalue weighted by Gasteiger charge is 2.43. The SMILES string of the molecule is CN1CCN=C1c1ccc(CN2CCN(S(=O)(=O)c3cc4ccc(Cl)cc4s3)C(CC(=O)O)C2=O)cc1. The topological polar surface area (TPSA) is 111 Å². The van der Waals surface area contributed by atoms with Crippen LogP contribution < -0.4 is 0 Å². The van der Waals surface area contributed by atoms with Gasteiger partial charge in [0.1, 0.15) is 16.1 Å². The first-order valence-electron chi connectivity index (χ1n) is 11.7. The van der Waals surface area contributed by atoms with Crippen LogP contribution in [0.5, 0.6) is 0 Å². The second kappa shape index (κ2) is 10.1. The highest BCUT2D eigenvalue weighted by Crippen LogP contribution is 2.34. The molecule has 3 aromatic rings. The average Bonchev–Trinajstić information content (AvgIpc) is 3.48. The molecule has 0 radical (unpaired) electrons. The molecule has 194 valence electrons. The number of hydrogen-bond acceptors (Lipinski definition) is 7. The smallest absolute Gasteiger partial charge is 0.305 e. The summed E-state index contributed by atoms with van der Waals surface area (Å²) >= 11 is 7.09. The predicted octanol–water partition coefficient (Wildman–Crippen LogP) is 3.12. The maximum absolute atomic E-state index is 13.6. The zero-order valence-electron chi connectivity index (χ0n) is 20.0. The van der Waals surface area contributed by atoms with Gasteiger partial charge in [0, 0.05) is 48.5 Å². The van der Waals surface area contributed by atoms with Crippen LogP contribution >= 0.6 is 22.9 Å². The molecule has 1 N–H and O–H groups in total. The maximum Gasteiger partial charge on any atom is 0.305 e. The second-order valence-electron chi connectivity index (χ2n) is 9.06. The Kier molecular flexibility index (Phi) is 6.97. The van der Waals surface area contributed by atoms with Crippen LogP contribution in [0.4, 0.5) is 0 Å². The van der Waals surface area contributed by atoms with Crippen LogP contribution in [0.15, 0.2) is 57.7 Å². The van der Waals surface area contributed by atoms with Crippen LogP contribution in [-0.4, -0.2) is 84.6 Å². The zero-order chi connectivity index (χ0) is 26.3. The first-order valence-corrected chi connectivity index (χ1v) is 14.3. The van der Waals surface area contributed by atoms with Crippen molar-refractivity contribution in [1.29, 1.82) is 0 Å². The Morgan fingerprint density at radius 2 is 1.89 bits per heavy atom. The third-order valence-corrected chi connectivity index (χ3v) is 10.3. The molecule has 2 aliphatic heterocycles. The molecule has 0 bridgehead atoms. The summed E-state index contributed by atoms with van der Waals surface area (Å²) < 4.78 is 28.9. The number of benzene rings is 2. The van der Waals surface area contributed by atoms with E-state index in [1.54, 1.807) is 18.2 Å². The van der Waals surface area contributed by atoms with Gasteiger partial charge in [-0.1, -0.05) is 41.9 Å². The Morgan fingerprint density at radius 1 is 1.14 bits per heavy atom. The highest BCUT2D eigenvalue weighted by atomic mass is 35.5. The van der Waals surface area contributed by atoms with E-state index in [9.17, 15) is 23.1 Å². The van der Waals surface area contributed by atoms with Crippen molar-refractivity contribution in [2.24, 2.45) is 4.99 Å². The third kappa shape index (κ3) is 5.08. The van der Waals surface area contributed by atoms with Crippen molar-refractivity contribution in [2.45, 2.75) is 23.2 Å². The monoisotopic (exact) mass is 560 g/mol. The highest BCUT2D eigenvalue weighted by molar-refractivity contribution is 7.91. The van der Waals surface area contributed by atoms with Gasteiger partial charge in [0.25, 0.3) is 10.0 Å². The van der Waals surface area contributed by atoms with E-state index in [0.717, 1.165) is 45.7 Å². The lowest BCUT2D eigenvalue weighted by Gasteiger charge is -2.39. The molecule has 0 saturated carbocycles. The van der Waals surface area contributed by atoms with Crippen molar-refractivity contribution in [3.05, 3.63) is 64.7 Å².